The zero-order valence-electron chi connectivity index (χ0n) is 11.6. The maximum absolute atomic E-state index is 9.38. The van der Waals surface area contributed by atoms with Gasteiger partial charge in [-0.15, -0.1) is 0 Å². The second-order valence-electron chi connectivity index (χ2n) is 5.01. The number of benzene rings is 2. The third-order valence-electron chi connectivity index (χ3n) is 3.48. The lowest BCUT2D eigenvalue weighted by Crippen LogP contribution is -2.07. The highest BCUT2D eigenvalue weighted by Gasteiger charge is 2.13. The van der Waals surface area contributed by atoms with Crippen LogP contribution in [-0.4, -0.2) is 5.11 Å². The summed E-state index contributed by atoms with van der Waals surface area (Å²) < 4.78 is 6.92. The minimum Gasteiger partial charge on any atom is -0.459 e. The fourth-order valence-electron chi connectivity index (χ4n) is 2.35. The summed E-state index contributed by atoms with van der Waals surface area (Å²) in [7, 11) is 0. The Balaban J connectivity index is 1.88. The van der Waals surface area contributed by atoms with E-state index in [9.17, 15) is 5.11 Å². The molecule has 0 aliphatic heterocycles. The highest BCUT2D eigenvalue weighted by atomic mass is 79.9. The van der Waals surface area contributed by atoms with Crippen molar-refractivity contribution in [1.29, 1.82) is 0 Å². The minimum absolute atomic E-state index is 0.0168. The van der Waals surface area contributed by atoms with Crippen LogP contribution in [0.5, 0.6) is 0 Å². The molecule has 0 aliphatic rings. The Bertz CT molecular complexity index is 766. The molecule has 0 spiro atoms. The fraction of sp³-hybridized carbons (Fsp3) is 0.176. The molecule has 0 aliphatic carbocycles. The third-order valence-corrected chi connectivity index (χ3v) is 3.98. The zero-order valence-corrected chi connectivity index (χ0v) is 13.2. The van der Waals surface area contributed by atoms with Crippen LogP contribution >= 0.6 is 15.9 Å². The average Bonchev–Trinajstić information content (AvgIpc) is 2.91. The second-order valence-corrected chi connectivity index (χ2v) is 5.93. The van der Waals surface area contributed by atoms with Crippen molar-refractivity contribution in [3.8, 4) is 0 Å². The number of anilines is 1. The average molecular weight is 346 g/mol. The van der Waals surface area contributed by atoms with E-state index in [-0.39, 0.29) is 12.6 Å². The SMILES string of the molecule is CC(Nc1ccccc1CO)c1cc2cc(Br)ccc2o1. The largest absolute Gasteiger partial charge is 0.459 e. The number of aliphatic hydroxyl groups is 1. The van der Waals surface area contributed by atoms with Gasteiger partial charge in [0.1, 0.15) is 11.3 Å². The normalized spacial score (nSPS) is 12.5. The molecule has 21 heavy (non-hydrogen) atoms. The first-order valence-electron chi connectivity index (χ1n) is 6.81. The van der Waals surface area contributed by atoms with E-state index in [4.69, 9.17) is 4.42 Å². The van der Waals surface area contributed by atoms with E-state index in [1.807, 2.05) is 55.5 Å². The Kier molecular flexibility index (Phi) is 3.99. The quantitative estimate of drug-likeness (QED) is 0.709. The van der Waals surface area contributed by atoms with Crippen LogP contribution in [0.15, 0.2) is 57.4 Å². The van der Waals surface area contributed by atoms with Crippen LogP contribution in [0.1, 0.15) is 24.3 Å². The number of halogens is 1. The van der Waals surface area contributed by atoms with Gasteiger partial charge in [0.25, 0.3) is 0 Å². The van der Waals surface area contributed by atoms with Crippen LogP contribution in [0, 0.1) is 0 Å². The van der Waals surface area contributed by atoms with Gasteiger partial charge in [-0.25, -0.2) is 0 Å². The van der Waals surface area contributed by atoms with Gasteiger partial charge in [-0.1, -0.05) is 34.1 Å². The van der Waals surface area contributed by atoms with Crippen molar-refractivity contribution in [3.63, 3.8) is 0 Å². The molecule has 4 heteroatoms. The summed E-state index contributed by atoms with van der Waals surface area (Å²) in [4.78, 5) is 0. The van der Waals surface area contributed by atoms with Crippen LogP contribution in [-0.2, 0) is 6.61 Å². The van der Waals surface area contributed by atoms with E-state index in [1.54, 1.807) is 0 Å². The summed E-state index contributed by atoms with van der Waals surface area (Å²) >= 11 is 3.47. The molecule has 0 bridgehead atoms. The standard InChI is InChI=1S/C17H16BrNO2/c1-11(19-15-5-3-2-4-12(15)10-20)17-9-13-8-14(18)6-7-16(13)21-17/h2-9,11,19-20H,10H2,1H3. The van der Waals surface area contributed by atoms with Gasteiger partial charge in [0.05, 0.1) is 12.6 Å². The van der Waals surface area contributed by atoms with E-state index in [1.165, 1.54) is 0 Å². The maximum Gasteiger partial charge on any atom is 0.134 e. The lowest BCUT2D eigenvalue weighted by molar-refractivity contribution is 0.282. The van der Waals surface area contributed by atoms with Gasteiger partial charge in [-0.3, -0.25) is 0 Å². The van der Waals surface area contributed by atoms with Crippen LogP contribution in [0.25, 0.3) is 11.0 Å². The molecule has 3 aromatic rings. The topological polar surface area (TPSA) is 45.4 Å². The van der Waals surface area contributed by atoms with Crippen LogP contribution in [0.4, 0.5) is 5.69 Å². The molecule has 108 valence electrons. The summed E-state index contributed by atoms with van der Waals surface area (Å²) in [5.41, 5.74) is 2.68. The number of fused-ring (bicyclic) bond motifs is 1. The van der Waals surface area contributed by atoms with Crippen LogP contribution < -0.4 is 5.32 Å². The molecule has 1 heterocycles. The van der Waals surface area contributed by atoms with E-state index in [0.29, 0.717) is 0 Å². The Hall–Kier alpha value is -1.78. The lowest BCUT2D eigenvalue weighted by atomic mass is 10.1. The molecule has 2 aromatic carbocycles. The minimum atomic E-state index is 0.0168. The highest BCUT2D eigenvalue weighted by Crippen LogP contribution is 2.29. The number of para-hydroxylation sites is 1. The molecule has 0 saturated heterocycles. The molecule has 3 nitrogen and oxygen atoms in total. The number of hydrogen-bond donors (Lipinski definition) is 2. The Morgan fingerprint density at radius 1 is 1.19 bits per heavy atom. The van der Waals surface area contributed by atoms with Gasteiger partial charge in [0, 0.05) is 21.1 Å². The zero-order chi connectivity index (χ0) is 14.8. The van der Waals surface area contributed by atoms with Crippen molar-refractivity contribution in [3.05, 3.63) is 64.3 Å². The fourth-order valence-corrected chi connectivity index (χ4v) is 2.73. The lowest BCUT2D eigenvalue weighted by Gasteiger charge is -2.15. The van der Waals surface area contributed by atoms with E-state index >= 15 is 0 Å². The van der Waals surface area contributed by atoms with E-state index < -0.39 is 0 Å². The third kappa shape index (κ3) is 2.96. The molecule has 0 amide bonds. The van der Waals surface area contributed by atoms with Crippen molar-refractivity contribution in [1.82, 2.24) is 0 Å². The van der Waals surface area contributed by atoms with Gasteiger partial charge in [-0.2, -0.15) is 0 Å². The number of rotatable bonds is 4. The van der Waals surface area contributed by atoms with Crippen LogP contribution in [0.3, 0.4) is 0 Å². The molecular formula is C17H16BrNO2. The summed E-state index contributed by atoms with van der Waals surface area (Å²) in [6, 6.07) is 15.8. The summed E-state index contributed by atoms with van der Waals surface area (Å²) in [5.74, 6) is 0.871. The number of aliphatic hydroxyl groups excluding tert-OH is 1. The molecule has 1 aromatic heterocycles. The first-order valence-corrected chi connectivity index (χ1v) is 7.61. The van der Waals surface area contributed by atoms with E-state index in [0.717, 1.165) is 32.5 Å². The van der Waals surface area contributed by atoms with Crippen LogP contribution in [0.2, 0.25) is 0 Å². The van der Waals surface area contributed by atoms with Crippen molar-refractivity contribution in [2.75, 3.05) is 5.32 Å². The molecule has 2 N–H and O–H groups in total. The molecule has 0 saturated carbocycles. The summed E-state index contributed by atoms with van der Waals surface area (Å²) in [6.07, 6.45) is 0. The Labute approximate surface area is 131 Å². The van der Waals surface area contributed by atoms with Crippen molar-refractivity contribution in [2.24, 2.45) is 0 Å². The molecule has 0 fully saturated rings. The predicted molar refractivity (Wildman–Crippen MR) is 88.3 cm³/mol. The van der Waals surface area contributed by atoms with Gasteiger partial charge in [0.2, 0.25) is 0 Å². The molecule has 0 radical (unpaired) electrons. The van der Waals surface area contributed by atoms with Gasteiger partial charge in [0.15, 0.2) is 0 Å². The van der Waals surface area contributed by atoms with E-state index in [2.05, 4.69) is 21.2 Å². The molecule has 1 atom stereocenters. The first-order chi connectivity index (χ1) is 10.2. The summed E-state index contributed by atoms with van der Waals surface area (Å²) in [5, 5.41) is 13.8. The van der Waals surface area contributed by atoms with Crippen molar-refractivity contribution in [2.45, 2.75) is 19.6 Å². The van der Waals surface area contributed by atoms with Gasteiger partial charge in [-0.05, 0) is 37.3 Å². The Morgan fingerprint density at radius 2 is 2.00 bits per heavy atom. The van der Waals surface area contributed by atoms with Gasteiger partial charge < -0.3 is 14.8 Å². The summed E-state index contributed by atoms with van der Waals surface area (Å²) in [6.45, 7) is 2.06. The smallest absolute Gasteiger partial charge is 0.134 e. The monoisotopic (exact) mass is 345 g/mol. The highest BCUT2D eigenvalue weighted by molar-refractivity contribution is 9.10. The van der Waals surface area contributed by atoms with Gasteiger partial charge >= 0.3 is 0 Å². The van der Waals surface area contributed by atoms with Crippen molar-refractivity contribution >= 4 is 32.6 Å². The molecule has 3 rings (SSSR count). The van der Waals surface area contributed by atoms with Crippen molar-refractivity contribution < 1.29 is 9.52 Å². The molecule has 1 unspecified atom stereocenters. The Morgan fingerprint density at radius 3 is 2.81 bits per heavy atom. The predicted octanol–water partition coefficient (Wildman–Crippen LogP) is 4.86. The number of nitrogens with one attached hydrogen (secondary N) is 1. The number of furan rings is 1. The number of hydrogen-bond acceptors (Lipinski definition) is 3. The molecular weight excluding hydrogens is 330 g/mol. The maximum atomic E-state index is 9.38. The first kappa shape index (κ1) is 14.2. The second kappa shape index (κ2) is 5.92.